The molecule has 2 unspecified atom stereocenters. The van der Waals surface area contributed by atoms with Gasteiger partial charge < -0.3 is 10.2 Å². The normalized spacial score (nSPS) is 15.9. The molecular formula is C26H42O6. The van der Waals surface area contributed by atoms with Crippen LogP contribution in [0.2, 0.25) is 0 Å². The second kappa shape index (κ2) is 15.8. The van der Waals surface area contributed by atoms with Crippen molar-refractivity contribution >= 4 is 23.5 Å². The van der Waals surface area contributed by atoms with Gasteiger partial charge in [0.1, 0.15) is 0 Å². The van der Waals surface area contributed by atoms with Crippen LogP contribution < -0.4 is 0 Å². The zero-order valence-corrected chi connectivity index (χ0v) is 20.0. The minimum absolute atomic E-state index is 0.149. The van der Waals surface area contributed by atoms with E-state index in [9.17, 15) is 19.2 Å². The maximum atomic E-state index is 11.5. The highest BCUT2D eigenvalue weighted by Gasteiger charge is 2.19. The van der Waals surface area contributed by atoms with Gasteiger partial charge in [0.15, 0.2) is 0 Å². The number of ketones is 2. The smallest absolute Gasteiger partial charge is 0.372 e. The summed E-state index contributed by atoms with van der Waals surface area (Å²) in [7, 11) is 0. The average Bonchev–Trinajstić information content (AvgIpc) is 2.77. The molecule has 1 aliphatic rings. The Bertz CT molecular complexity index is 607. The summed E-state index contributed by atoms with van der Waals surface area (Å²) < 4.78 is 0. The number of unbranched alkanes of at least 4 members (excludes halogenated alkanes) is 2. The van der Waals surface area contributed by atoms with Crippen LogP contribution in [-0.4, -0.2) is 33.7 Å². The van der Waals surface area contributed by atoms with Gasteiger partial charge in [0, 0.05) is 12.8 Å². The molecule has 6 heteroatoms. The summed E-state index contributed by atoms with van der Waals surface area (Å²) in [6, 6.07) is 0. The number of aliphatic carboxylic acids is 2. The Morgan fingerprint density at radius 2 is 1.06 bits per heavy atom. The molecule has 1 rings (SSSR count). The molecule has 32 heavy (non-hydrogen) atoms. The third-order valence-electron chi connectivity index (χ3n) is 6.97. The lowest BCUT2D eigenvalue weighted by atomic mass is 9.85. The Morgan fingerprint density at radius 3 is 1.38 bits per heavy atom. The van der Waals surface area contributed by atoms with E-state index in [4.69, 9.17) is 10.2 Å². The van der Waals surface area contributed by atoms with Crippen molar-refractivity contribution in [2.75, 3.05) is 0 Å². The molecule has 6 nitrogen and oxygen atoms in total. The molecule has 0 saturated carbocycles. The van der Waals surface area contributed by atoms with Crippen LogP contribution in [0.25, 0.3) is 0 Å². The zero-order valence-electron chi connectivity index (χ0n) is 20.0. The predicted octanol–water partition coefficient (Wildman–Crippen LogP) is 6.12. The molecule has 0 heterocycles. The number of carboxylic acids is 2. The molecule has 182 valence electrons. The van der Waals surface area contributed by atoms with E-state index in [1.807, 2.05) is 13.8 Å². The van der Waals surface area contributed by atoms with Gasteiger partial charge in [0.2, 0.25) is 11.6 Å². The first-order chi connectivity index (χ1) is 15.3. The Morgan fingerprint density at radius 1 is 0.688 bits per heavy atom. The van der Waals surface area contributed by atoms with Crippen LogP contribution in [-0.2, 0) is 19.2 Å². The summed E-state index contributed by atoms with van der Waals surface area (Å²) in [4.78, 5) is 44.4. The molecule has 0 aliphatic heterocycles. The van der Waals surface area contributed by atoms with E-state index in [1.165, 1.54) is 25.7 Å². The highest BCUT2D eigenvalue weighted by Crippen LogP contribution is 2.32. The highest BCUT2D eigenvalue weighted by molar-refractivity contribution is 6.33. The molecule has 1 aliphatic carbocycles. The van der Waals surface area contributed by atoms with Gasteiger partial charge in [-0.2, -0.15) is 0 Å². The monoisotopic (exact) mass is 450 g/mol. The van der Waals surface area contributed by atoms with E-state index < -0.39 is 23.5 Å². The molecule has 0 aromatic heterocycles. The van der Waals surface area contributed by atoms with E-state index in [0.717, 1.165) is 64.2 Å². The van der Waals surface area contributed by atoms with E-state index in [2.05, 4.69) is 0 Å². The van der Waals surface area contributed by atoms with Gasteiger partial charge >= 0.3 is 11.9 Å². The van der Waals surface area contributed by atoms with Crippen LogP contribution in [0.1, 0.15) is 117 Å². The van der Waals surface area contributed by atoms with Crippen LogP contribution in [0, 0.1) is 11.8 Å². The number of hydrogen-bond acceptors (Lipinski definition) is 4. The van der Waals surface area contributed by atoms with Crippen LogP contribution in [0.15, 0.2) is 11.1 Å². The Hall–Kier alpha value is -1.98. The molecular weight excluding hydrogens is 408 g/mol. The van der Waals surface area contributed by atoms with Crippen LogP contribution >= 0.6 is 0 Å². The molecule has 0 spiro atoms. The van der Waals surface area contributed by atoms with Gasteiger partial charge in [-0.15, -0.1) is 0 Å². The first-order valence-corrected chi connectivity index (χ1v) is 12.5. The van der Waals surface area contributed by atoms with Gasteiger partial charge in [-0.25, -0.2) is 9.59 Å². The number of carbonyl (C=O) groups excluding carboxylic acids is 2. The lowest BCUT2D eigenvalue weighted by Crippen LogP contribution is -2.17. The molecule has 0 fully saturated rings. The first-order valence-electron chi connectivity index (χ1n) is 12.5. The van der Waals surface area contributed by atoms with Crippen molar-refractivity contribution in [3.05, 3.63) is 11.1 Å². The second-order valence-corrected chi connectivity index (χ2v) is 9.32. The fourth-order valence-corrected chi connectivity index (χ4v) is 4.78. The van der Waals surface area contributed by atoms with E-state index in [-0.39, 0.29) is 24.7 Å². The van der Waals surface area contributed by atoms with Crippen LogP contribution in [0.3, 0.4) is 0 Å². The summed E-state index contributed by atoms with van der Waals surface area (Å²) in [5.41, 5.74) is 3.19. The summed E-state index contributed by atoms with van der Waals surface area (Å²) in [6.45, 7) is 4.03. The standard InChI is InChI=1S/C26H42O6/c1-3-19(17-23(27)25(29)30)11-5-7-13-21-15-9-10-16-22(21)14-8-6-12-20(4-2)18-24(28)26(31)32/h19-20H,3-18H2,1-2H3,(H,29,30)(H,31,32). The van der Waals surface area contributed by atoms with Crippen molar-refractivity contribution in [1.82, 2.24) is 0 Å². The second-order valence-electron chi connectivity index (χ2n) is 9.32. The van der Waals surface area contributed by atoms with E-state index >= 15 is 0 Å². The topological polar surface area (TPSA) is 109 Å². The van der Waals surface area contributed by atoms with Crippen molar-refractivity contribution in [2.24, 2.45) is 11.8 Å². The van der Waals surface area contributed by atoms with Gasteiger partial charge in [-0.1, -0.05) is 63.5 Å². The molecule has 0 bridgehead atoms. The summed E-state index contributed by atoms with van der Waals surface area (Å²) in [6.07, 6.45) is 15.1. The molecule has 0 amide bonds. The van der Waals surface area contributed by atoms with Gasteiger partial charge in [0.05, 0.1) is 0 Å². The molecule has 2 atom stereocenters. The van der Waals surface area contributed by atoms with Crippen molar-refractivity contribution in [1.29, 1.82) is 0 Å². The van der Waals surface area contributed by atoms with Gasteiger partial charge in [-0.05, 0) is 63.2 Å². The molecule has 0 aromatic carbocycles. The lowest BCUT2D eigenvalue weighted by molar-refractivity contribution is -0.149. The first kappa shape index (κ1) is 28.1. The fraction of sp³-hybridized carbons (Fsp3) is 0.769. The number of hydrogen-bond donors (Lipinski definition) is 2. The van der Waals surface area contributed by atoms with Gasteiger partial charge in [0.25, 0.3) is 0 Å². The predicted molar refractivity (Wildman–Crippen MR) is 125 cm³/mol. The third-order valence-corrected chi connectivity index (χ3v) is 6.97. The number of carboxylic acid groups (broad SMARTS) is 2. The van der Waals surface area contributed by atoms with Crippen molar-refractivity contribution in [2.45, 2.75) is 117 Å². The maximum Gasteiger partial charge on any atom is 0.372 e. The lowest BCUT2D eigenvalue weighted by Gasteiger charge is -2.21. The van der Waals surface area contributed by atoms with Crippen molar-refractivity contribution in [3.8, 4) is 0 Å². The highest BCUT2D eigenvalue weighted by atomic mass is 16.4. The number of allylic oxidation sites excluding steroid dienone is 2. The Kier molecular flexibility index (Phi) is 13.8. The SMILES string of the molecule is CCC(CCCCC1=C(CCCCC(CC)CC(=O)C(=O)O)CCCC1)CC(=O)C(=O)O. The van der Waals surface area contributed by atoms with Crippen LogP contribution in [0.4, 0.5) is 0 Å². The van der Waals surface area contributed by atoms with Crippen molar-refractivity contribution < 1.29 is 29.4 Å². The quantitative estimate of drug-likeness (QED) is 0.148. The maximum absolute atomic E-state index is 11.5. The largest absolute Gasteiger partial charge is 0.476 e. The van der Waals surface area contributed by atoms with E-state index in [1.54, 1.807) is 11.1 Å². The third kappa shape index (κ3) is 11.1. The number of rotatable bonds is 18. The minimum Gasteiger partial charge on any atom is -0.476 e. The Balaban J connectivity index is 2.40. The Labute approximate surface area is 192 Å². The van der Waals surface area contributed by atoms with Crippen molar-refractivity contribution in [3.63, 3.8) is 0 Å². The summed E-state index contributed by atoms with van der Waals surface area (Å²) >= 11 is 0. The molecule has 0 radical (unpaired) electrons. The summed E-state index contributed by atoms with van der Waals surface area (Å²) in [5.74, 6) is -3.66. The zero-order chi connectivity index (χ0) is 23.9. The van der Waals surface area contributed by atoms with Gasteiger partial charge in [-0.3, -0.25) is 9.59 Å². The average molecular weight is 451 g/mol. The molecule has 0 saturated heterocycles. The fourth-order valence-electron chi connectivity index (χ4n) is 4.78. The van der Waals surface area contributed by atoms with Crippen LogP contribution in [0.5, 0.6) is 0 Å². The molecule has 2 N–H and O–H groups in total. The number of Topliss-reactive ketones (excluding diaryl/α,β-unsaturated/α-hetero) is 2. The van der Waals surface area contributed by atoms with E-state index in [0.29, 0.717) is 0 Å². The summed E-state index contributed by atoms with van der Waals surface area (Å²) in [5, 5.41) is 17.6. The molecule has 0 aromatic rings. The number of carbonyl (C=O) groups is 4. The minimum atomic E-state index is -1.32.